The van der Waals surface area contributed by atoms with E-state index in [4.69, 9.17) is 34.8 Å². The van der Waals surface area contributed by atoms with Gasteiger partial charge in [0, 0.05) is 11.2 Å². The molecule has 0 unspecified atom stereocenters. The first-order valence-electron chi connectivity index (χ1n) is 4.97. The fraction of sp³-hybridized carbons (Fsp3) is 0. The van der Waals surface area contributed by atoms with Crippen molar-refractivity contribution in [3.8, 4) is 0 Å². The van der Waals surface area contributed by atoms with E-state index in [1.54, 1.807) is 0 Å². The van der Waals surface area contributed by atoms with Gasteiger partial charge in [0.1, 0.15) is 4.90 Å². The number of halogens is 3. The standard InChI is InChI=1S/C11H7Cl3N2O2S/c12-7-1-2-9(14)11(5-7)19(17,18)16-10-6-15-4-3-8(10)13/h1-6,16H. The molecule has 0 aliphatic carbocycles. The predicted octanol–water partition coefficient (Wildman–Crippen LogP) is 3.84. The van der Waals surface area contributed by atoms with Crippen LogP contribution < -0.4 is 4.72 Å². The van der Waals surface area contributed by atoms with Crippen molar-refractivity contribution in [3.63, 3.8) is 0 Å². The van der Waals surface area contributed by atoms with Crippen LogP contribution in [0, 0.1) is 0 Å². The molecule has 100 valence electrons. The molecule has 8 heteroatoms. The van der Waals surface area contributed by atoms with Crippen LogP contribution in [0.1, 0.15) is 0 Å². The van der Waals surface area contributed by atoms with Gasteiger partial charge >= 0.3 is 0 Å². The van der Waals surface area contributed by atoms with E-state index in [1.165, 1.54) is 36.7 Å². The lowest BCUT2D eigenvalue weighted by atomic mass is 10.4. The van der Waals surface area contributed by atoms with E-state index in [1.807, 2.05) is 0 Å². The average molecular weight is 338 g/mol. The second-order valence-electron chi connectivity index (χ2n) is 3.54. The number of nitrogens with one attached hydrogen (secondary N) is 1. The molecular weight excluding hydrogens is 331 g/mol. The van der Waals surface area contributed by atoms with Crippen LogP contribution in [-0.2, 0) is 10.0 Å². The number of anilines is 1. The van der Waals surface area contributed by atoms with Crippen molar-refractivity contribution in [2.24, 2.45) is 0 Å². The van der Waals surface area contributed by atoms with Gasteiger partial charge in [0.25, 0.3) is 10.0 Å². The van der Waals surface area contributed by atoms with Crippen molar-refractivity contribution in [2.45, 2.75) is 4.90 Å². The molecule has 0 saturated heterocycles. The second kappa shape index (κ2) is 5.54. The Bertz CT molecular complexity index is 720. The van der Waals surface area contributed by atoms with Crippen LogP contribution in [-0.4, -0.2) is 13.4 Å². The fourth-order valence-electron chi connectivity index (χ4n) is 1.34. The van der Waals surface area contributed by atoms with E-state index < -0.39 is 10.0 Å². The quantitative estimate of drug-likeness (QED) is 0.925. The Labute approximate surface area is 125 Å². The van der Waals surface area contributed by atoms with Gasteiger partial charge in [-0.1, -0.05) is 34.8 Å². The number of hydrogen-bond donors (Lipinski definition) is 1. The molecular formula is C11H7Cl3N2O2S. The predicted molar refractivity (Wildman–Crippen MR) is 76.5 cm³/mol. The summed E-state index contributed by atoms with van der Waals surface area (Å²) >= 11 is 17.5. The van der Waals surface area contributed by atoms with Crippen LogP contribution in [0.4, 0.5) is 5.69 Å². The zero-order chi connectivity index (χ0) is 14.0. The minimum atomic E-state index is -3.88. The van der Waals surface area contributed by atoms with Gasteiger partial charge in [0.2, 0.25) is 0 Å². The maximum absolute atomic E-state index is 12.2. The first-order valence-corrected chi connectivity index (χ1v) is 7.59. The highest BCUT2D eigenvalue weighted by molar-refractivity contribution is 7.92. The van der Waals surface area contributed by atoms with Crippen molar-refractivity contribution in [1.29, 1.82) is 0 Å². The highest BCUT2D eigenvalue weighted by Gasteiger charge is 2.19. The molecule has 0 radical (unpaired) electrons. The lowest BCUT2D eigenvalue weighted by Crippen LogP contribution is -2.14. The van der Waals surface area contributed by atoms with Crippen molar-refractivity contribution < 1.29 is 8.42 Å². The molecule has 0 aliphatic rings. The number of nitrogens with zero attached hydrogens (tertiary/aromatic N) is 1. The molecule has 0 amide bonds. The molecule has 19 heavy (non-hydrogen) atoms. The van der Waals surface area contributed by atoms with E-state index in [0.717, 1.165) is 0 Å². The van der Waals surface area contributed by atoms with E-state index in [9.17, 15) is 8.42 Å². The Morgan fingerprint density at radius 2 is 1.79 bits per heavy atom. The van der Waals surface area contributed by atoms with Crippen molar-refractivity contribution in [1.82, 2.24) is 4.98 Å². The van der Waals surface area contributed by atoms with E-state index >= 15 is 0 Å². The van der Waals surface area contributed by atoms with Gasteiger partial charge in [-0.2, -0.15) is 0 Å². The Morgan fingerprint density at radius 3 is 2.47 bits per heavy atom. The minimum Gasteiger partial charge on any atom is -0.276 e. The first-order chi connectivity index (χ1) is 8.90. The van der Waals surface area contributed by atoms with Crippen LogP contribution >= 0.6 is 34.8 Å². The minimum absolute atomic E-state index is 0.0666. The summed E-state index contributed by atoms with van der Waals surface area (Å²) in [4.78, 5) is 3.67. The lowest BCUT2D eigenvalue weighted by Gasteiger charge is -2.10. The summed E-state index contributed by atoms with van der Waals surface area (Å²) in [5.41, 5.74) is 0.167. The number of benzene rings is 1. The topological polar surface area (TPSA) is 59.1 Å². The summed E-state index contributed by atoms with van der Waals surface area (Å²) in [6.45, 7) is 0. The van der Waals surface area contributed by atoms with Gasteiger partial charge in [-0.05, 0) is 24.3 Å². The van der Waals surface area contributed by atoms with Crippen LogP contribution in [0.3, 0.4) is 0 Å². The summed E-state index contributed by atoms with van der Waals surface area (Å²) in [7, 11) is -3.88. The Kier molecular flexibility index (Phi) is 4.20. The van der Waals surface area contributed by atoms with E-state index in [2.05, 4.69) is 9.71 Å². The molecule has 0 atom stereocenters. The monoisotopic (exact) mass is 336 g/mol. The van der Waals surface area contributed by atoms with Gasteiger partial charge in [0.15, 0.2) is 0 Å². The number of pyridine rings is 1. The number of sulfonamides is 1. The maximum atomic E-state index is 12.2. The third kappa shape index (κ3) is 3.30. The molecule has 0 spiro atoms. The molecule has 0 aliphatic heterocycles. The van der Waals surface area contributed by atoms with Gasteiger partial charge in [0.05, 0.1) is 21.9 Å². The first kappa shape index (κ1) is 14.4. The van der Waals surface area contributed by atoms with Crippen LogP contribution in [0.15, 0.2) is 41.6 Å². The SMILES string of the molecule is O=S(=O)(Nc1cnccc1Cl)c1cc(Cl)ccc1Cl. The van der Waals surface area contributed by atoms with E-state index in [0.29, 0.717) is 0 Å². The Morgan fingerprint density at radius 1 is 1.05 bits per heavy atom. The fourth-order valence-corrected chi connectivity index (χ4v) is 3.37. The van der Waals surface area contributed by atoms with Crippen LogP contribution in [0.25, 0.3) is 0 Å². The van der Waals surface area contributed by atoms with E-state index in [-0.39, 0.29) is 25.7 Å². The molecule has 1 aromatic heterocycles. The molecule has 0 bridgehead atoms. The normalized spacial score (nSPS) is 11.3. The largest absolute Gasteiger partial charge is 0.276 e. The average Bonchev–Trinajstić information content (AvgIpc) is 2.35. The Balaban J connectivity index is 2.44. The maximum Gasteiger partial charge on any atom is 0.263 e. The van der Waals surface area contributed by atoms with Gasteiger partial charge in [-0.25, -0.2) is 8.42 Å². The summed E-state index contributed by atoms with van der Waals surface area (Å²) in [6, 6.07) is 5.64. The third-order valence-electron chi connectivity index (χ3n) is 2.19. The molecule has 1 heterocycles. The summed E-state index contributed by atoms with van der Waals surface area (Å²) < 4.78 is 26.7. The molecule has 2 aromatic rings. The highest BCUT2D eigenvalue weighted by atomic mass is 35.5. The molecule has 4 nitrogen and oxygen atoms in total. The molecule has 0 saturated carbocycles. The molecule has 1 N–H and O–H groups in total. The van der Waals surface area contributed by atoms with Crippen LogP contribution in [0.2, 0.25) is 15.1 Å². The van der Waals surface area contributed by atoms with Gasteiger partial charge in [-0.3, -0.25) is 9.71 Å². The number of aromatic nitrogens is 1. The summed E-state index contributed by atoms with van der Waals surface area (Å²) in [6.07, 6.45) is 2.75. The number of hydrogen-bond acceptors (Lipinski definition) is 3. The summed E-state index contributed by atoms with van der Waals surface area (Å²) in [5, 5.41) is 0.565. The smallest absolute Gasteiger partial charge is 0.263 e. The molecule has 2 rings (SSSR count). The van der Waals surface area contributed by atoms with Gasteiger partial charge < -0.3 is 0 Å². The van der Waals surface area contributed by atoms with Crippen molar-refractivity contribution >= 4 is 50.5 Å². The highest BCUT2D eigenvalue weighted by Crippen LogP contribution is 2.28. The zero-order valence-electron chi connectivity index (χ0n) is 9.27. The van der Waals surface area contributed by atoms with Crippen molar-refractivity contribution in [3.05, 3.63) is 51.7 Å². The Hall–Kier alpha value is -1.01. The van der Waals surface area contributed by atoms with Gasteiger partial charge in [-0.15, -0.1) is 0 Å². The third-order valence-corrected chi connectivity index (χ3v) is 4.61. The molecule has 0 fully saturated rings. The van der Waals surface area contributed by atoms with Crippen molar-refractivity contribution in [2.75, 3.05) is 4.72 Å². The lowest BCUT2D eigenvalue weighted by molar-refractivity contribution is 0.601. The second-order valence-corrected chi connectivity index (χ2v) is 6.44. The number of rotatable bonds is 3. The summed E-state index contributed by atoms with van der Waals surface area (Å²) in [5.74, 6) is 0. The van der Waals surface area contributed by atoms with Crippen LogP contribution in [0.5, 0.6) is 0 Å². The molecule has 1 aromatic carbocycles. The zero-order valence-corrected chi connectivity index (χ0v) is 12.4.